The molecule has 2 N–H and O–H groups in total. The highest BCUT2D eigenvalue weighted by atomic mass is 35.5. The fourth-order valence-corrected chi connectivity index (χ4v) is 1.87. The van der Waals surface area contributed by atoms with E-state index in [2.05, 4.69) is 6.58 Å². The fourth-order valence-electron chi connectivity index (χ4n) is 1.62. The highest BCUT2D eigenvalue weighted by Gasteiger charge is 2.06. The van der Waals surface area contributed by atoms with Crippen LogP contribution in [0.15, 0.2) is 30.9 Å². The Kier molecular flexibility index (Phi) is 6.75. The van der Waals surface area contributed by atoms with Gasteiger partial charge in [0.05, 0.1) is 11.6 Å². The Morgan fingerprint density at radius 2 is 2.12 bits per heavy atom. The molecular formula is C14H20ClNO. The number of hydrogen-bond donors (Lipinski definition) is 1. The molecule has 0 aromatic heterocycles. The number of rotatable bonds is 8. The van der Waals surface area contributed by atoms with Crippen molar-refractivity contribution in [2.24, 2.45) is 5.73 Å². The highest BCUT2D eigenvalue weighted by Crippen LogP contribution is 2.28. The van der Waals surface area contributed by atoms with Gasteiger partial charge in [-0.3, -0.25) is 0 Å². The molecule has 0 bridgehead atoms. The van der Waals surface area contributed by atoms with Crippen molar-refractivity contribution in [3.8, 4) is 5.75 Å². The minimum atomic E-state index is 0.451. The van der Waals surface area contributed by atoms with E-state index in [1.54, 1.807) is 0 Å². The van der Waals surface area contributed by atoms with Crippen LogP contribution in [0.3, 0.4) is 0 Å². The van der Waals surface area contributed by atoms with E-state index in [1.807, 2.05) is 24.3 Å². The van der Waals surface area contributed by atoms with E-state index in [4.69, 9.17) is 22.1 Å². The van der Waals surface area contributed by atoms with Crippen molar-refractivity contribution >= 4 is 11.6 Å². The minimum absolute atomic E-state index is 0.451. The first kappa shape index (κ1) is 14.1. The third-order valence-corrected chi connectivity index (χ3v) is 2.87. The Hall–Kier alpha value is -0.990. The van der Waals surface area contributed by atoms with E-state index in [0.29, 0.717) is 18.2 Å². The van der Waals surface area contributed by atoms with Gasteiger partial charge in [-0.1, -0.05) is 29.8 Å². The molecule has 1 aromatic rings. The second-order valence-electron chi connectivity index (χ2n) is 3.92. The molecule has 0 fully saturated rings. The van der Waals surface area contributed by atoms with Crippen LogP contribution in [0.2, 0.25) is 5.02 Å². The quantitative estimate of drug-likeness (QED) is 0.563. The van der Waals surface area contributed by atoms with Crippen molar-refractivity contribution in [1.82, 2.24) is 0 Å². The maximum Gasteiger partial charge on any atom is 0.142 e. The second-order valence-corrected chi connectivity index (χ2v) is 4.33. The van der Waals surface area contributed by atoms with Crippen LogP contribution < -0.4 is 10.5 Å². The van der Waals surface area contributed by atoms with Gasteiger partial charge in [0.1, 0.15) is 5.75 Å². The summed E-state index contributed by atoms with van der Waals surface area (Å²) in [6.45, 7) is 4.84. The molecule has 0 saturated carbocycles. The zero-order valence-electron chi connectivity index (χ0n) is 10.1. The van der Waals surface area contributed by atoms with Crippen LogP contribution in [0.5, 0.6) is 5.75 Å². The molecule has 0 aliphatic heterocycles. The van der Waals surface area contributed by atoms with Gasteiger partial charge in [-0.05, 0) is 31.7 Å². The minimum Gasteiger partial charge on any atom is -0.492 e. The molecule has 0 amide bonds. The van der Waals surface area contributed by atoms with Crippen molar-refractivity contribution < 1.29 is 4.74 Å². The SMILES string of the molecule is C=CCCCCCOc1c(Cl)cccc1CN. The summed E-state index contributed by atoms with van der Waals surface area (Å²) >= 11 is 6.08. The molecule has 2 nitrogen and oxygen atoms in total. The van der Waals surface area contributed by atoms with Crippen LogP contribution in [0.4, 0.5) is 0 Å². The molecule has 0 aliphatic rings. The number of ether oxygens (including phenoxy) is 1. The van der Waals surface area contributed by atoms with E-state index in [-0.39, 0.29) is 0 Å². The molecule has 94 valence electrons. The molecule has 0 heterocycles. The Balaban J connectivity index is 2.38. The van der Waals surface area contributed by atoms with Gasteiger partial charge in [-0.15, -0.1) is 6.58 Å². The molecule has 0 atom stereocenters. The van der Waals surface area contributed by atoms with Crippen LogP contribution in [0.25, 0.3) is 0 Å². The summed E-state index contributed by atoms with van der Waals surface area (Å²) in [6, 6.07) is 5.66. The maximum atomic E-state index is 6.08. The number of hydrogen-bond acceptors (Lipinski definition) is 2. The molecule has 0 unspecified atom stereocenters. The summed E-state index contributed by atoms with van der Waals surface area (Å²) in [5.41, 5.74) is 6.60. The second kappa shape index (κ2) is 8.15. The number of nitrogens with two attached hydrogens (primary N) is 1. The van der Waals surface area contributed by atoms with Crippen LogP contribution in [-0.2, 0) is 6.54 Å². The maximum absolute atomic E-state index is 6.08. The van der Waals surface area contributed by atoms with Crippen molar-refractivity contribution in [3.05, 3.63) is 41.4 Å². The van der Waals surface area contributed by atoms with Gasteiger partial charge in [-0.2, -0.15) is 0 Å². The molecule has 3 heteroatoms. The fraction of sp³-hybridized carbons (Fsp3) is 0.429. The van der Waals surface area contributed by atoms with E-state index < -0.39 is 0 Å². The monoisotopic (exact) mass is 253 g/mol. The van der Waals surface area contributed by atoms with Crippen LogP contribution in [0, 0.1) is 0 Å². The lowest BCUT2D eigenvalue weighted by molar-refractivity contribution is 0.303. The number of halogens is 1. The summed E-state index contributed by atoms with van der Waals surface area (Å²) in [4.78, 5) is 0. The smallest absolute Gasteiger partial charge is 0.142 e. The van der Waals surface area contributed by atoms with Crippen molar-refractivity contribution in [2.45, 2.75) is 32.2 Å². The van der Waals surface area contributed by atoms with Gasteiger partial charge in [0.15, 0.2) is 0 Å². The predicted molar refractivity (Wildman–Crippen MR) is 73.5 cm³/mol. The molecule has 0 spiro atoms. The Bertz CT molecular complexity index is 352. The zero-order valence-corrected chi connectivity index (χ0v) is 10.9. The number of unbranched alkanes of at least 4 members (excludes halogenated alkanes) is 3. The van der Waals surface area contributed by atoms with Gasteiger partial charge in [0.25, 0.3) is 0 Å². The van der Waals surface area contributed by atoms with Gasteiger partial charge in [-0.25, -0.2) is 0 Å². The Labute approximate surface area is 108 Å². The lowest BCUT2D eigenvalue weighted by Gasteiger charge is -2.11. The highest BCUT2D eigenvalue weighted by molar-refractivity contribution is 6.32. The topological polar surface area (TPSA) is 35.2 Å². The molecular weight excluding hydrogens is 234 g/mol. The van der Waals surface area contributed by atoms with Crippen molar-refractivity contribution in [2.75, 3.05) is 6.61 Å². The van der Waals surface area contributed by atoms with E-state index >= 15 is 0 Å². The van der Waals surface area contributed by atoms with Gasteiger partial charge < -0.3 is 10.5 Å². The van der Waals surface area contributed by atoms with Crippen LogP contribution in [0.1, 0.15) is 31.2 Å². The zero-order chi connectivity index (χ0) is 12.5. The van der Waals surface area contributed by atoms with Gasteiger partial charge in [0, 0.05) is 12.1 Å². The van der Waals surface area contributed by atoms with Gasteiger partial charge in [0.2, 0.25) is 0 Å². The number of para-hydroxylation sites is 1. The lowest BCUT2D eigenvalue weighted by atomic mass is 10.2. The normalized spacial score (nSPS) is 10.2. The molecule has 1 aromatic carbocycles. The number of allylic oxidation sites excluding steroid dienone is 1. The lowest BCUT2D eigenvalue weighted by Crippen LogP contribution is -2.04. The van der Waals surface area contributed by atoms with Gasteiger partial charge >= 0.3 is 0 Å². The summed E-state index contributed by atoms with van der Waals surface area (Å²) in [5, 5.41) is 0.638. The first-order valence-corrected chi connectivity index (χ1v) is 6.38. The number of benzene rings is 1. The van der Waals surface area contributed by atoms with Crippen LogP contribution in [-0.4, -0.2) is 6.61 Å². The molecule has 0 radical (unpaired) electrons. The van der Waals surface area contributed by atoms with E-state index in [9.17, 15) is 0 Å². The summed E-state index contributed by atoms with van der Waals surface area (Å²) in [7, 11) is 0. The standard InChI is InChI=1S/C14H20ClNO/c1-2-3-4-5-6-10-17-14-12(11-16)8-7-9-13(14)15/h2,7-9H,1,3-6,10-11,16H2. The van der Waals surface area contributed by atoms with E-state index in [1.165, 1.54) is 6.42 Å². The Morgan fingerprint density at radius 1 is 1.29 bits per heavy atom. The van der Waals surface area contributed by atoms with Crippen molar-refractivity contribution in [1.29, 1.82) is 0 Å². The first-order valence-electron chi connectivity index (χ1n) is 6.00. The molecule has 17 heavy (non-hydrogen) atoms. The molecule has 0 aliphatic carbocycles. The molecule has 0 saturated heterocycles. The Morgan fingerprint density at radius 3 is 2.82 bits per heavy atom. The summed E-state index contributed by atoms with van der Waals surface area (Å²) < 4.78 is 5.70. The van der Waals surface area contributed by atoms with Crippen molar-refractivity contribution in [3.63, 3.8) is 0 Å². The van der Waals surface area contributed by atoms with E-state index in [0.717, 1.165) is 30.6 Å². The largest absolute Gasteiger partial charge is 0.492 e. The third kappa shape index (κ3) is 4.80. The summed E-state index contributed by atoms with van der Waals surface area (Å²) in [5.74, 6) is 0.736. The predicted octanol–water partition coefficient (Wildman–Crippen LogP) is 3.92. The summed E-state index contributed by atoms with van der Waals surface area (Å²) in [6.07, 6.45) is 6.36. The average molecular weight is 254 g/mol. The van der Waals surface area contributed by atoms with Crippen LogP contribution >= 0.6 is 11.6 Å². The molecule has 1 rings (SSSR count). The third-order valence-electron chi connectivity index (χ3n) is 2.57. The first-order chi connectivity index (χ1) is 8.29. The average Bonchev–Trinajstić information content (AvgIpc) is 2.35.